The number of hydrogen-bond donors (Lipinski definition) is 1. The summed E-state index contributed by atoms with van der Waals surface area (Å²) in [7, 11) is 0. The van der Waals surface area contributed by atoms with E-state index in [1.807, 2.05) is 6.07 Å². The highest BCUT2D eigenvalue weighted by molar-refractivity contribution is 6.04. The van der Waals surface area contributed by atoms with Gasteiger partial charge in [-0.05, 0) is 48.5 Å². The van der Waals surface area contributed by atoms with Crippen LogP contribution in [0.5, 0.6) is 0 Å². The highest BCUT2D eigenvalue weighted by atomic mass is 19.4. The lowest BCUT2D eigenvalue weighted by atomic mass is 10.1. The Bertz CT molecular complexity index is 1350. The molecule has 5 rings (SSSR count). The summed E-state index contributed by atoms with van der Waals surface area (Å²) in [6, 6.07) is 14.0. The van der Waals surface area contributed by atoms with Crippen molar-refractivity contribution in [3.05, 3.63) is 78.2 Å². The molecule has 1 fully saturated rings. The van der Waals surface area contributed by atoms with E-state index in [4.69, 9.17) is 4.74 Å². The number of alkyl halides is 3. The molecule has 0 atom stereocenters. The van der Waals surface area contributed by atoms with Crippen LogP contribution in [0.1, 0.15) is 16.1 Å². The number of benzene rings is 1. The molecule has 184 valence electrons. The largest absolute Gasteiger partial charge is 0.433 e. The minimum atomic E-state index is -4.67. The fraction of sp³-hybridized carbons (Fsp3) is 0.208. The maximum absolute atomic E-state index is 13.7. The number of halogens is 3. The quantitative estimate of drug-likeness (QED) is 0.449. The van der Waals surface area contributed by atoms with Gasteiger partial charge >= 0.3 is 6.18 Å². The molecule has 0 radical (unpaired) electrons. The lowest BCUT2D eigenvalue weighted by Gasteiger charge is -2.29. The third-order valence-electron chi connectivity index (χ3n) is 5.55. The van der Waals surface area contributed by atoms with E-state index in [9.17, 15) is 18.0 Å². The molecule has 3 aromatic heterocycles. The number of amides is 1. The fourth-order valence-corrected chi connectivity index (χ4v) is 3.77. The topological polar surface area (TPSA) is 98.1 Å². The zero-order valence-electron chi connectivity index (χ0n) is 18.8. The first-order chi connectivity index (χ1) is 17.4. The van der Waals surface area contributed by atoms with Crippen LogP contribution >= 0.6 is 0 Å². The molecule has 0 bridgehead atoms. The Morgan fingerprint density at radius 3 is 2.53 bits per heavy atom. The van der Waals surface area contributed by atoms with Gasteiger partial charge in [-0.2, -0.15) is 18.3 Å². The van der Waals surface area contributed by atoms with Gasteiger partial charge < -0.3 is 15.0 Å². The zero-order chi connectivity index (χ0) is 25.1. The minimum absolute atomic E-state index is 0.0914. The minimum Gasteiger partial charge on any atom is -0.378 e. The van der Waals surface area contributed by atoms with Gasteiger partial charge in [-0.1, -0.05) is 6.07 Å². The van der Waals surface area contributed by atoms with Crippen LogP contribution in [0.15, 0.2) is 67.0 Å². The van der Waals surface area contributed by atoms with Crippen molar-refractivity contribution in [3.8, 4) is 17.1 Å². The number of morpholine rings is 1. The first-order valence-corrected chi connectivity index (χ1v) is 11.0. The number of ether oxygens (including phenoxy) is 1. The van der Waals surface area contributed by atoms with Crippen molar-refractivity contribution >= 4 is 17.4 Å². The van der Waals surface area contributed by atoms with E-state index in [2.05, 4.69) is 30.5 Å². The lowest BCUT2D eigenvalue weighted by Crippen LogP contribution is -2.36. The number of pyridine rings is 1. The van der Waals surface area contributed by atoms with Crippen LogP contribution in [0.4, 0.5) is 24.7 Å². The van der Waals surface area contributed by atoms with Crippen LogP contribution in [0.3, 0.4) is 0 Å². The third-order valence-corrected chi connectivity index (χ3v) is 5.55. The average Bonchev–Trinajstić information content (AvgIpc) is 3.37. The van der Waals surface area contributed by atoms with Gasteiger partial charge in [-0.25, -0.2) is 4.68 Å². The maximum Gasteiger partial charge on any atom is 0.433 e. The van der Waals surface area contributed by atoms with Crippen molar-refractivity contribution in [3.63, 3.8) is 0 Å². The second-order valence-electron chi connectivity index (χ2n) is 7.95. The maximum atomic E-state index is 13.7. The Labute approximate surface area is 203 Å². The normalized spacial score (nSPS) is 14.0. The molecule has 1 N–H and O–H groups in total. The molecule has 1 aliphatic heterocycles. The van der Waals surface area contributed by atoms with E-state index in [-0.39, 0.29) is 17.3 Å². The van der Waals surface area contributed by atoms with Gasteiger partial charge in [-0.15, -0.1) is 10.2 Å². The first-order valence-electron chi connectivity index (χ1n) is 11.0. The fourth-order valence-electron chi connectivity index (χ4n) is 3.77. The summed E-state index contributed by atoms with van der Waals surface area (Å²) >= 11 is 0. The van der Waals surface area contributed by atoms with Gasteiger partial charge in [0.2, 0.25) is 0 Å². The molecule has 1 amide bonds. The number of carbonyl (C=O) groups excluding carboxylic acids is 1. The van der Waals surface area contributed by atoms with Crippen molar-refractivity contribution in [2.24, 2.45) is 0 Å². The molecule has 1 aliphatic rings. The molecule has 0 aliphatic carbocycles. The Hall–Kier alpha value is -4.32. The molecule has 0 spiro atoms. The second-order valence-corrected chi connectivity index (χ2v) is 7.95. The molecule has 4 aromatic rings. The lowest BCUT2D eigenvalue weighted by molar-refractivity contribution is -0.142. The van der Waals surface area contributed by atoms with Crippen molar-refractivity contribution in [2.45, 2.75) is 6.18 Å². The van der Waals surface area contributed by atoms with Gasteiger partial charge in [-0.3, -0.25) is 9.78 Å². The molecule has 12 heteroatoms. The van der Waals surface area contributed by atoms with Gasteiger partial charge in [0.05, 0.1) is 18.9 Å². The SMILES string of the molecule is O=C(Nc1ccc(-n2nc(-c3cccnc3)cc2C(F)(F)F)nn1)c1cccc(N2CCOCC2)c1. The number of anilines is 2. The number of hydrogen-bond acceptors (Lipinski definition) is 7. The van der Waals surface area contributed by atoms with Crippen molar-refractivity contribution in [2.75, 3.05) is 36.5 Å². The summed E-state index contributed by atoms with van der Waals surface area (Å²) in [5, 5.41) is 14.4. The Morgan fingerprint density at radius 2 is 1.83 bits per heavy atom. The number of aromatic nitrogens is 5. The van der Waals surface area contributed by atoms with E-state index in [0.29, 0.717) is 29.0 Å². The standard InChI is InChI=1S/C24H20F3N7O2/c25-24(26,27)20-14-19(17-4-2-8-28-15-17)32-34(20)22-7-6-21(30-31-22)29-23(35)16-3-1-5-18(13-16)33-9-11-36-12-10-33/h1-8,13-15H,9-12H2,(H,29,30,35). The highest BCUT2D eigenvalue weighted by Crippen LogP contribution is 2.33. The predicted molar refractivity (Wildman–Crippen MR) is 125 cm³/mol. The van der Waals surface area contributed by atoms with Gasteiger partial charge in [0.25, 0.3) is 5.91 Å². The number of nitrogens with one attached hydrogen (secondary N) is 1. The molecule has 36 heavy (non-hydrogen) atoms. The van der Waals surface area contributed by atoms with Crippen LogP contribution in [-0.4, -0.2) is 57.2 Å². The third kappa shape index (κ3) is 5.03. The summed E-state index contributed by atoms with van der Waals surface area (Å²) in [4.78, 5) is 18.8. The summed E-state index contributed by atoms with van der Waals surface area (Å²) in [5.74, 6) is -0.473. The van der Waals surface area contributed by atoms with Gasteiger partial charge in [0.15, 0.2) is 17.3 Å². The van der Waals surface area contributed by atoms with Crippen LogP contribution in [-0.2, 0) is 10.9 Å². The molecule has 1 saturated heterocycles. The summed E-state index contributed by atoms with van der Waals surface area (Å²) in [5.41, 5.74) is 0.826. The molecular formula is C24H20F3N7O2. The summed E-state index contributed by atoms with van der Waals surface area (Å²) in [6.45, 7) is 2.70. The second kappa shape index (κ2) is 9.74. The molecule has 0 saturated carbocycles. The Balaban J connectivity index is 1.36. The highest BCUT2D eigenvalue weighted by Gasteiger charge is 2.37. The molecule has 1 aromatic carbocycles. The number of rotatable bonds is 5. The van der Waals surface area contributed by atoms with Crippen LogP contribution in [0.25, 0.3) is 17.1 Å². The van der Waals surface area contributed by atoms with E-state index in [1.165, 1.54) is 24.5 Å². The van der Waals surface area contributed by atoms with Crippen LogP contribution < -0.4 is 10.2 Å². The summed E-state index contributed by atoms with van der Waals surface area (Å²) < 4.78 is 47.1. The number of carbonyl (C=O) groups is 1. The average molecular weight is 495 g/mol. The first kappa shape index (κ1) is 23.4. The Kier molecular flexibility index (Phi) is 6.34. The van der Waals surface area contributed by atoms with E-state index in [0.717, 1.165) is 24.8 Å². The zero-order valence-corrected chi connectivity index (χ0v) is 18.8. The van der Waals surface area contributed by atoms with Crippen LogP contribution in [0.2, 0.25) is 0 Å². The van der Waals surface area contributed by atoms with Gasteiger partial charge in [0, 0.05) is 42.3 Å². The smallest absolute Gasteiger partial charge is 0.378 e. The Morgan fingerprint density at radius 1 is 1.00 bits per heavy atom. The molecule has 4 heterocycles. The van der Waals surface area contributed by atoms with Crippen molar-refractivity contribution < 1.29 is 22.7 Å². The number of nitrogens with zero attached hydrogens (tertiary/aromatic N) is 6. The van der Waals surface area contributed by atoms with Gasteiger partial charge in [0.1, 0.15) is 0 Å². The molecular weight excluding hydrogens is 475 g/mol. The predicted octanol–water partition coefficient (Wildman–Crippen LogP) is 3.83. The van der Waals surface area contributed by atoms with E-state index < -0.39 is 17.8 Å². The van der Waals surface area contributed by atoms with Crippen LogP contribution in [0, 0.1) is 0 Å². The molecule has 0 unspecified atom stereocenters. The van der Waals surface area contributed by atoms with E-state index >= 15 is 0 Å². The summed E-state index contributed by atoms with van der Waals surface area (Å²) in [6.07, 6.45) is -1.73. The van der Waals surface area contributed by atoms with Crippen molar-refractivity contribution in [1.29, 1.82) is 0 Å². The van der Waals surface area contributed by atoms with Crippen molar-refractivity contribution in [1.82, 2.24) is 25.0 Å². The molecule has 9 nitrogen and oxygen atoms in total. The monoisotopic (exact) mass is 495 g/mol. The van der Waals surface area contributed by atoms with E-state index in [1.54, 1.807) is 30.3 Å².